The molecular weight excluding hydrogens is 1850 g/mol. The van der Waals surface area contributed by atoms with Crippen molar-refractivity contribution in [3.8, 4) is 0 Å². The molecule has 0 bridgehead atoms. The first-order valence-electron chi connectivity index (χ1n) is 54.4. The number of piperidine rings is 2. The van der Waals surface area contributed by atoms with Crippen molar-refractivity contribution >= 4 is 134 Å². The van der Waals surface area contributed by atoms with Gasteiger partial charge in [-0.2, -0.15) is 25.5 Å². The maximum atomic E-state index is 12.7. The highest BCUT2D eigenvalue weighted by molar-refractivity contribution is 7.88. The van der Waals surface area contributed by atoms with Gasteiger partial charge < -0.3 is 53.2 Å². The summed E-state index contributed by atoms with van der Waals surface area (Å²) < 4.78 is 25.0. The van der Waals surface area contributed by atoms with Crippen molar-refractivity contribution in [2.24, 2.45) is 17.8 Å². The van der Waals surface area contributed by atoms with Crippen LogP contribution in [0.1, 0.15) is 270 Å². The van der Waals surface area contributed by atoms with Gasteiger partial charge in [-0.05, 0) is 300 Å². The highest BCUT2D eigenvalue weighted by atomic mass is 32.2. The van der Waals surface area contributed by atoms with Crippen LogP contribution in [-0.4, -0.2) is 181 Å². The van der Waals surface area contributed by atoms with Crippen molar-refractivity contribution in [3.05, 3.63) is 209 Å². The third kappa shape index (κ3) is 29.1. The number of hydrogen-bond donors (Lipinski definition) is 14. The number of aryl methyl sites for hydroxylation is 9. The molecule has 8 fully saturated rings. The van der Waals surface area contributed by atoms with E-state index in [-0.39, 0.29) is 23.6 Å². The maximum absolute atomic E-state index is 12.7. The number of nitrogens with two attached hydrogens (primary N) is 1. The van der Waals surface area contributed by atoms with Gasteiger partial charge in [0.1, 0.15) is 29.1 Å². The van der Waals surface area contributed by atoms with Crippen LogP contribution >= 0.6 is 0 Å². The summed E-state index contributed by atoms with van der Waals surface area (Å²) in [6.07, 6.45) is 58.0. The van der Waals surface area contributed by atoms with E-state index in [1.165, 1.54) is 209 Å². The van der Waals surface area contributed by atoms with Crippen molar-refractivity contribution in [2.45, 2.75) is 307 Å². The van der Waals surface area contributed by atoms with Crippen LogP contribution in [0.25, 0.3) is 54.5 Å². The van der Waals surface area contributed by atoms with Gasteiger partial charge in [0, 0.05) is 145 Å². The zero-order valence-corrected chi connectivity index (χ0v) is 86.4. The number of likely N-dealkylation sites (tertiary alicyclic amines) is 1. The second kappa shape index (κ2) is 50.9. The number of carbonyl (C=O) groups is 3. The molecule has 4 aromatic carbocycles. The standard InChI is InChI=1S/C27H36N6O.C25H31N5O.C22H27N5O.C20H31N5O2S.C20H25N5/c1-33-16-13-20(14-17-33)27(34)30-22-9-5-6-19(18-22)10-11-23-25-24(32-31-23)12-15-28-26(25)29-21-7-3-2-4-8-21;31-23(16-18-9-10-18)27-20-8-4-5-17(15-20)11-12-21-24-22(30-29-21)13-14-26-25(24)28-19-6-2-1-3-7-19;1-15(28)24-18-9-5-6-16(14-18)10-11-19-21-20(27-26-19)12-13-23-22(21)25-17-7-3-2-4-8-17;1-28(26,27)25-13-10-15(11-14-25)7-8-17-19-18(24-23-17)9-12-21-20(19)22-16-5-3-2-4-6-16;21-15-6-4-5-14(13-15)9-10-17-19-18(25-24-17)11-12-22-20(19)23-16-7-2-1-3-8-16/h5-6,9,12,15,18,20-21H,2-4,7-8,10-11,13-14,16-17H2,1H3,(H,28,29)(H,30,34)(H,31,32);4-5,8,13-15,18-19H,1-3,6-7,9-12,16H2,(H,26,28)(H,27,31)(H,29,30);5-6,9,12-14,17H,2-4,7-8,10-11H2,1H3,(H,23,25)(H,24,28)(H,26,27);9,12,15-16H,2-8,10-11,13-14H2,1H3,(H,21,22)(H,23,24);4-6,11-13,16H,1-3,7-10,21H2,(H,22,23)(H,24,25). The Labute approximate surface area is 858 Å². The number of fused-ring (bicyclic) bond motifs is 5. The van der Waals surface area contributed by atoms with Gasteiger partial charge in [-0.1, -0.05) is 145 Å². The average molecular weight is 2000 g/mol. The number of nitrogen functional groups attached to an aromatic ring is 1. The van der Waals surface area contributed by atoms with E-state index in [1.54, 1.807) is 4.31 Å². The Morgan fingerprint density at radius 3 is 0.973 bits per heavy atom. The molecule has 6 aliphatic carbocycles. The second-order valence-electron chi connectivity index (χ2n) is 42.1. The number of carbonyl (C=O) groups excluding carboxylic acids is 3. The minimum Gasteiger partial charge on any atom is -0.399 e. The first-order chi connectivity index (χ1) is 71.4. The van der Waals surface area contributed by atoms with Gasteiger partial charge in [0.25, 0.3) is 0 Å². The number of hydrogen-bond acceptors (Lipinski definition) is 22. The molecule has 15 N–H and O–H groups in total. The van der Waals surface area contributed by atoms with E-state index < -0.39 is 10.0 Å². The van der Waals surface area contributed by atoms with Gasteiger partial charge in [-0.25, -0.2) is 37.6 Å². The molecule has 10 aromatic heterocycles. The van der Waals surface area contributed by atoms with Crippen LogP contribution in [0, 0.1) is 17.8 Å². The predicted molar refractivity (Wildman–Crippen MR) is 588 cm³/mol. The van der Waals surface area contributed by atoms with Crippen molar-refractivity contribution in [3.63, 3.8) is 0 Å². The lowest BCUT2D eigenvalue weighted by Crippen LogP contribution is -2.37. The van der Waals surface area contributed by atoms with E-state index in [1.807, 2.05) is 122 Å². The molecule has 0 unspecified atom stereocenters. The molecule has 772 valence electrons. The fourth-order valence-electron chi connectivity index (χ4n) is 22.4. The van der Waals surface area contributed by atoms with Gasteiger partial charge in [0.2, 0.25) is 27.7 Å². The number of anilines is 9. The minimum absolute atomic E-state index is 0.0544. The number of nitrogens with zero attached hydrogens (tertiary/aromatic N) is 12. The normalized spacial score (nSPS) is 17.3. The van der Waals surface area contributed by atoms with Gasteiger partial charge in [-0.15, -0.1) is 0 Å². The van der Waals surface area contributed by atoms with Crippen molar-refractivity contribution in [1.29, 1.82) is 0 Å². The molecule has 0 atom stereocenters. The number of pyridine rings is 5. The van der Waals surface area contributed by atoms with Crippen molar-refractivity contribution in [2.75, 3.05) is 87.8 Å². The van der Waals surface area contributed by atoms with Crippen molar-refractivity contribution in [1.82, 2.24) is 85.1 Å². The fraction of sp³-hybridized carbons (Fsp3) is 0.500. The van der Waals surface area contributed by atoms with Gasteiger partial charge in [0.15, 0.2) is 0 Å². The van der Waals surface area contributed by atoms with E-state index in [4.69, 9.17) is 5.73 Å². The lowest BCUT2D eigenvalue weighted by Gasteiger charge is -2.30. The van der Waals surface area contributed by atoms with Crippen LogP contribution < -0.4 is 48.3 Å². The highest BCUT2D eigenvalue weighted by Gasteiger charge is 2.31. The molecule has 8 aliphatic rings. The van der Waals surface area contributed by atoms with Gasteiger partial charge >= 0.3 is 0 Å². The summed E-state index contributed by atoms with van der Waals surface area (Å²) in [7, 11) is -0.939. The largest absolute Gasteiger partial charge is 0.399 e. The van der Waals surface area contributed by atoms with E-state index in [0.29, 0.717) is 61.6 Å². The first-order valence-corrected chi connectivity index (χ1v) is 56.3. The molecular formula is C114H150N26O5S. The molecule has 32 heteroatoms. The Hall–Kier alpha value is -12.9. The summed E-state index contributed by atoms with van der Waals surface area (Å²) in [5.41, 5.74) is 24.6. The zero-order chi connectivity index (χ0) is 100. The van der Waals surface area contributed by atoms with E-state index in [0.717, 1.165) is 238 Å². The molecule has 22 rings (SSSR count). The molecule has 12 heterocycles. The Morgan fingerprint density at radius 1 is 0.349 bits per heavy atom. The number of aromatic amines is 5. The maximum Gasteiger partial charge on any atom is 0.227 e. The molecule has 0 spiro atoms. The van der Waals surface area contributed by atoms with Crippen LogP contribution in [0.4, 0.5) is 51.8 Å². The Morgan fingerprint density at radius 2 is 0.658 bits per heavy atom. The Kier molecular flexibility index (Phi) is 35.9. The molecule has 6 saturated carbocycles. The summed E-state index contributed by atoms with van der Waals surface area (Å²) in [5, 5.41) is 71.6. The number of H-pyrrole nitrogens is 5. The quantitative estimate of drug-likeness (QED) is 0.0174. The summed E-state index contributed by atoms with van der Waals surface area (Å²) in [6, 6.07) is 44.9. The van der Waals surface area contributed by atoms with E-state index in [2.05, 4.69) is 167 Å². The minimum atomic E-state index is -3.06. The Bertz CT molecular complexity index is 6720. The predicted octanol–water partition coefficient (Wildman–Crippen LogP) is 21.8. The van der Waals surface area contributed by atoms with Crippen LogP contribution in [0.3, 0.4) is 0 Å². The summed E-state index contributed by atoms with van der Waals surface area (Å²) >= 11 is 0. The number of nitrogens with one attached hydrogen (secondary N) is 13. The molecule has 2 saturated heterocycles. The van der Waals surface area contributed by atoms with Crippen LogP contribution in [0.2, 0.25) is 0 Å². The summed E-state index contributed by atoms with van der Waals surface area (Å²) in [4.78, 5) is 61.6. The molecule has 14 aromatic rings. The zero-order valence-electron chi connectivity index (χ0n) is 85.6. The average Bonchev–Trinajstić information content (AvgIpc) is 1.67. The van der Waals surface area contributed by atoms with E-state index in [9.17, 15) is 22.8 Å². The number of sulfonamides is 1. The molecule has 146 heavy (non-hydrogen) atoms. The van der Waals surface area contributed by atoms with Crippen LogP contribution in [0.5, 0.6) is 0 Å². The summed E-state index contributed by atoms with van der Waals surface area (Å²) in [5.74, 6) is 6.27. The third-order valence-electron chi connectivity index (χ3n) is 30.8. The molecule has 31 nitrogen and oxygen atoms in total. The van der Waals surface area contributed by atoms with E-state index >= 15 is 0 Å². The number of aromatic nitrogens is 15. The van der Waals surface area contributed by atoms with Gasteiger partial charge in [0.05, 0.1) is 60.8 Å². The molecule has 3 amide bonds. The van der Waals surface area contributed by atoms with Gasteiger partial charge in [-0.3, -0.25) is 39.9 Å². The second-order valence-corrected chi connectivity index (χ2v) is 44.1. The Balaban J connectivity index is 0.000000120. The SMILES string of the molecule is CC(=O)Nc1cccc(CCc2[nH]nc3ccnc(NC4CCCCC4)c23)c1.CN1CCC(C(=O)Nc2cccc(CCc3[nH]nc4ccnc(NC5CCCCC5)c34)c2)CC1.CS(=O)(=O)N1CCC(CCc2[nH]nc3ccnc(NC4CCCCC4)c23)CC1.Nc1cccc(CCc2[nH]nc3ccnc(NC4CCCCC4)c23)c1.O=C(CC1CC1)Nc1cccc(CCc2[nH]nc3ccnc(NC4CCCCC4)c23)c1. The number of rotatable bonds is 32. The topological polar surface area (TPSA) is 422 Å². The fourth-order valence-corrected chi connectivity index (χ4v) is 23.3. The molecule has 0 radical (unpaired) electrons. The first kappa shape index (κ1) is 103. The number of amides is 3. The van der Waals surface area contributed by atoms with Crippen LogP contribution in [0.15, 0.2) is 158 Å². The lowest BCUT2D eigenvalue weighted by atomic mass is 9.92. The number of benzene rings is 4. The monoisotopic (exact) mass is 2000 g/mol. The third-order valence-corrected chi connectivity index (χ3v) is 32.1. The summed E-state index contributed by atoms with van der Waals surface area (Å²) in [6.45, 7) is 4.79. The molecule has 2 aliphatic heterocycles. The van der Waals surface area contributed by atoms with Crippen LogP contribution in [-0.2, 0) is 82.2 Å². The highest BCUT2D eigenvalue weighted by Crippen LogP contribution is 2.38. The smallest absolute Gasteiger partial charge is 0.227 e. The lowest BCUT2D eigenvalue weighted by molar-refractivity contribution is -0.121. The van der Waals surface area contributed by atoms with Crippen molar-refractivity contribution < 1.29 is 22.8 Å².